The summed E-state index contributed by atoms with van der Waals surface area (Å²) in [6, 6.07) is 24.4. The molecule has 0 bridgehead atoms. The van der Waals surface area contributed by atoms with Gasteiger partial charge in [0.15, 0.2) is 0 Å². The van der Waals surface area contributed by atoms with Crippen molar-refractivity contribution in [1.82, 2.24) is 0 Å². The zero-order chi connectivity index (χ0) is 16.5. The van der Waals surface area contributed by atoms with Crippen molar-refractivity contribution in [3.8, 4) is 0 Å². The average Bonchev–Trinajstić information content (AvgIpc) is 2.78. The number of fused-ring (bicyclic) bond motifs is 2. The Hall–Kier alpha value is -2.87. The SMILES string of the molecule is Cc1ccccc1C(=O)N1Cc2ccccc2Cc2ccccc21. The van der Waals surface area contributed by atoms with Crippen molar-refractivity contribution in [3.63, 3.8) is 0 Å². The van der Waals surface area contributed by atoms with Gasteiger partial charge >= 0.3 is 0 Å². The van der Waals surface area contributed by atoms with Crippen LogP contribution in [0, 0.1) is 6.92 Å². The standard InChI is InChI=1S/C22H19NO/c1-16-8-2-6-12-20(16)22(24)23-15-19-11-4-3-9-17(19)14-18-10-5-7-13-21(18)23/h2-13H,14-15H2,1H3. The number of rotatable bonds is 1. The Labute approximate surface area is 142 Å². The molecule has 0 atom stereocenters. The number of para-hydroxylation sites is 1. The number of hydrogen-bond acceptors (Lipinski definition) is 1. The van der Waals surface area contributed by atoms with Crippen LogP contribution in [0.25, 0.3) is 0 Å². The monoisotopic (exact) mass is 313 g/mol. The summed E-state index contributed by atoms with van der Waals surface area (Å²) in [5.41, 5.74) is 6.51. The average molecular weight is 313 g/mol. The summed E-state index contributed by atoms with van der Waals surface area (Å²) >= 11 is 0. The van der Waals surface area contributed by atoms with Crippen molar-refractivity contribution in [2.45, 2.75) is 19.9 Å². The molecule has 0 unspecified atom stereocenters. The third kappa shape index (κ3) is 2.50. The summed E-state index contributed by atoms with van der Waals surface area (Å²) in [4.78, 5) is 15.2. The van der Waals surface area contributed by atoms with Crippen molar-refractivity contribution in [3.05, 3.63) is 101 Å². The first-order chi connectivity index (χ1) is 11.7. The van der Waals surface area contributed by atoms with Gasteiger partial charge in [-0.1, -0.05) is 60.7 Å². The molecule has 0 saturated heterocycles. The van der Waals surface area contributed by atoms with E-state index in [1.54, 1.807) is 0 Å². The van der Waals surface area contributed by atoms with Crippen LogP contribution in [0.4, 0.5) is 5.69 Å². The molecule has 0 fully saturated rings. The predicted molar refractivity (Wildman–Crippen MR) is 97.4 cm³/mol. The number of hydrogen-bond donors (Lipinski definition) is 0. The second-order valence-electron chi connectivity index (χ2n) is 6.28. The molecule has 1 heterocycles. The normalized spacial score (nSPS) is 13.0. The number of nitrogens with zero attached hydrogens (tertiary/aromatic N) is 1. The first-order valence-corrected chi connectivity index (χ1v) is 8.26. The molecule has 118 valence electrons. The van der Waals surface area contributed by atoms with Gasteiger partial charge in [-0.05, 0) is 47.7 Å². The maximum atomic E-state index is 13.3. The van der Waals surface area contributed by atoms with Crippen LogP contribution in [0.5, 0.6) is 0 Å². The van der Waals surface area contributed by atoms with E-state index in [0.29, 0.717) is 6.54 Å². The lowest BCUT2D eigenvalue weighted by Gasteiger charge is -2.24. The van der Waals surface area contributed by atoms with Gasteiger partial charge in [-0.3, -0.25) is 4.79 Å². The van der Waals surface area contributed by atoms with Crippen molar-refractivity contribution in [1.29, 1.82) is 0 Å². The number of carbonyl (C=O) groups excluding carboxylic acids is 1. The molecular weight excluding hydrogens is 294 g/mol. The second-order valence-corrected chi connectivity index (χ2v) is 6.28. The number of amides is 1. The Kier molecular flexibility index (Phi) is 3.66. The van der Waals surface area contributed by atoms with Gasteiger partial charge in [0, 0.05) is 11.3 Å². The lowest BCUT2D eigenvalue weighted by atomic mass is 10.0. The number of aryl methyl sites for hydroxylation is 1. The minimum atomic E-state index is 0.0669. The van der Waals surface area contributed by atoms with E-state index < -0.39 is 0 Å². The number of carbonyl (C=O) groups is 1. The lowest BCUT2D eigenvalue weighted by molar-refractivity contribution is 0.0984. The smallest absolute Gasteiger partial charge is 0.258 e. The Bertz CT molecular complexity index is 913. The van der Waals surface area contributed by atoms with Crippen molar-refractivity contribution in [2.75, 3.05) is 4.90 Å². The fourth-order valence-electron chi connectivity index (χ4n) is 3.41. The summed E-state index contributed by atoms with van der Waals surface area (Å²) in [6.45, 7) is 2.60. The lowest BCUT2D eigenvalue weighted by Crippen LogP contribution is -2.31. The van der Waals surface area contributed by atoms with E-state index in [2.05, 4.69) is 30.3 Å². The maximum Gasteiger partial charge on any atom is 0.258 e. The largest absolute Gasteiger partial charge is 0.304 e. The molecule has 3 aromatic rings. The van der Waals surface area contributed by atoms with E-state index in [4.69, 9.17) is 0 Å². The Morgan fingerprint density at radius 2 is 1.42 bits per heavy atom. The predicted octanol–water partition coefficient (Wildman–Crippen LogP) is 4.75. The molecule has 1 amide bonds. The second kappa shape index (κ2) is 5.97. The van der Waals surface area contributed by atoms with E-state index >= 15 is 0 Å². The molecule has 0 aromatic heterocycles. The van der Waals surface area contributed by atoms with E-state index in [1.165, 1.54) is 16.7 Å². The fourth-order valence-corrected chi connectivity index (χ4v) is 3.41. The van der Waals surface area contributed by atoms with Gasteiger partial charge in [0.25, 0.3) is 5.91 Å². The highest BCUT2D eigenvalue weighted by Gasteiger charge is 2.25. The minimum absolute atomic E-state index is 0.0669. The molecule has 0 radical (unpaired) electrons. The van der Waals surface area contributed by atoms with Crippen LogP contribution in [0.15, 0.2) is 72.8 Å². The number of anilines is 1. The van der Waals surface area contributed by atoms with Crippen molar-refractivity contribution >= 4 is 11.6 Å². The zero-order valence-electron chi connectivity index (χ0n) is 13.7. The van der Waals surface area contributed by atoms with Gasteiger partial charge in [0.2, 0.25) is 0 Å². The summed E-state index contributed by atoms with van der Waals surface area (Å²) in [5, 5.41) is 0. The first-order valence-electron chi connectivity index (χ1n) is 8.26. The van der Waals surface area contributed by atoms with Gasteiger partial charge in [-0.15, -0.1) is 0 Å². The molecule has 24 heavy (non-hydrogen) atoms. The molecule has 0 aliphatic carbocycles. The molecule has 3 aromatic carbocycles. The van der Waals surface area contributed by atoms with Gasteiger partial charge in [-0.25, -0.2) is 0 Å². The summed E-state index contributed by atoms with van der Waals surface area (Å²) in [5.74, 6) is 0.0669. The minimum Gasteiger partial charge on any atom is -0.304 e. The van der Waals surface area contributed by atoms with Crippen LogP contribution >= 0.6 is 0 Å². The third-order valence-corrected chi connectivity index (χ3v) is 4.73. The van der Waals surface area contributed by atoms with E-state index in [-0.39, 0.29) is 5.91 Å². The molecular formula is C22H19NO. The van der Waals surface area contributed by atoms with Crippen molar-refractivity contribution < 1.29 is 4.79 Å². The highest BCUT2D eigenvalue weighted by molar-refractivity contribution is 6.07. The molecule has 4 rings (SSSR count). The van der Waals surface area contributed by atoms with Crippen LogP contribution in [0.3, 0.4) is 0 Å². The van der Waals surface area contributed by atoms with Gasteiger partial charge in [0.1, 0.15) is 0 Å². The summed E-state index contributed by atoms with van der Waals surface area (Å²) in [6.07, 6.45) is 0.865. The Balaban J connectivity index is 1.85. The van der Waals surface area contributed by atoms with Gasteiger partial charge in [0.05, 0.1) is 6.54 Å². The van der Waals surface area contributed by atoms with E-state index in [9.17, 15) is 4.79 Å². The third-order valence-electron chi connectivity index (χ3n) is 4.73. The Morgan fingerprint density at radius 1 is 0.792 bits per heavy atom. The molecule has 2 nitrogen and oxygen atoms in total. The molecule has 0 saturated carbocycles. The van der Waals surface area contributed by atoms with Crippen molar-refractivity contribution in [2.24, 2.45) is 0 Å². The fraction of sp³-hybridized carbons (Fsp3) is 0.136. The number of benzene rings is 3. The van der Waals surface area contributed by atoms with Crippen LogP contribution in [-0.2, 0) is 13.0 Å². The quantitative estimate of drug-likeness (QED) is 0.635. The van der Waals surface area contributed by atoms with Crippen LogP contribution in [-0.4, -0.2) is 5.91 Å². The molecule has 0 spiro atoms. The maximum absolute atomic E-state index is 13.3. The first kappa shape index (κ1) is 14.7. The summed E-state index contributed by atoms with van der Waals surface area (Å²) in [7, 11) is 0. The molecule has 0 N–H and O–H groups in total. The Morgan fingerprint density at radius 3 is 2.21 bits per heavy atom. The molecule has 1 aliphatic rings. The molecule has 2 heteroatoms. The van der Waals surface area contributed by atoms with Gasteiger partial charge < -0.3 is 4.90 Å². The van der Waals surface area contributed by atoms with E-state index in [1.807, 2.05) is 54.3 Å². The zero-order valence-corrected chi connectivity index (χ0v) is 13.7. The topological polar surface area (TPSA) is 20.3 Å². The van der Waals surface area contributed by atoms with E-state index in [0.717, 1.165) is 23.2 Å². The van der Waals surface area contributed by atoms with Crippen LogP contribution in [0.2, 0.25) is 0 Å². The van der Waals surface area contributed by atoms with Gasteiger partial charge in [-0.2, -0.15) is 0 Å². The van der Waals surface area contributed by atoms with Crippen LogP contribution in [0.1, 0.15) is 32.6 Å². The highest BCUT2D eigenvalue weighted by atomic mass is 16.2. The summed E-state index contributed by atoms with van der Waals surface area (Å²) < 4.78 is 0. The van der Waals surface area contributed by atoms with Crippen LogP contribution < -0.4 is 4.90 Å². The highest BCUT2D eigenvalue weighted by Crippen LogP contribution is 2.31. The molecule has 1 aliphatic heterocycles.